The van der Waals surface area contributed by atoms with Crippen LogP contribution >= 0.6 is 12.6 Å². The first kappa shape index (κ1) is 15.4. The Bertz CT molecular complexity index is 209. The lowest BCUT2D eigenvalue weighted by Crippen LogP contribution is -2.15. The Balaban J connectivity index is 3.27. The minimum absolute atomic E-state index is 0.00297. The van der Waals surface area contributed by atoms with E-state index < -0.39 is 0 Å². The van der Waals surface area contributed by atoms with E-state index in [-0.39, 0.29) is 31.1 Å². The van der Waals surface area contributed by atoms with Crippen LogP contribution in [0.15, 0.2) is 0 Å². The molecule has 0 atom stereocenters. The molecular weight excluding hydrogens is 226 g/mol. The van der Waals surface area contributed by atoms with Crippen LogP contribution < -0.4 is 5.73 Å². The van der Waals surface area contributed by atoms with Crippen molar-refractivity contribution in [3.8, 4) is 0 Å². The van der Waals surface area contributed by atoms with Crippen molar-refractivity contribution in [1.29, 1.82) is 0 Å². The average molecular weight is 247 g/mol. The number of carbonyl (C=O) groups is 2. The van der Waals surface area contributed by atoms with Gasteiger partial charge in [-0.1, -0.05) is 12.8 Å². The number of hydrogen-bond acceptors (Lipinski definition) is 5. The van der Waals surface area contributed by atoms with E-state index in [0.717, 1.165) is 31.4 Å². The Hall–Kier alpha value is -0.550. The summed E-state index contributed by atoms with van der Waals surface area (Å²) < 4.78 is 4.97. The summed E-state index contributed by atoms with van der Waals surface area (Å²) in [5.74, 6) is 0.489. The molecule has 0 radical (unpaired) electrons. The molecule has 0 saturated heterocycles. The summed E-state index contributed by atoms with van der Waals surface area (Å²) in [5.41, 5.74) is 5.12. The SMILES string of the molecule is NCC(=O)CCC(=O)OCCCCCCS. The molecule has 0 saturated carbocycles. The molecule has 4 nitrogen and oxygen atoms in total. The number of rotatable bonds is 10. The molecule has 0 spiro atoms. The highest BCUT2D eigenvalue weighted by Crippen LogP contribution is 2.02. The summed E-state index contributed by atoms with van der Waals surface area (Å²) in [6.07, 6.45) is 4.48. The minimum Gasteiger partial charge on any atom is -0.466 e. The van der Waals surface area contributed by atoms with Crippen LogP contribution in [0.1, 0.15) is 38.5 Å². The Morgan fingerprint density at radius 1 is 1.06 bits per heavy atom. The van der Waals surface area contributed by atoms with E-state index in [2.05, 4.69) is 12.6 Å². The van der Waals surface area contributed by atoms with Gasteiger partial charge in [0.15, 0.2) is 0 Å². The van der Waals surface area contributed by atoms with E-state index >= 15 is 0 Å². The van der Waals surface area contributed by atoms with E-state index in [1.165, 1.54) is 0 Å². The fourth-order valence-electron chi connectivity index (χ4n) is 1.17. The topological polar surface area (TPSA) is 69.4 Å². The third-order valence-electron chi connectivity index (χ3n) is 2.15. The van der Waals surface area contributed by atoms with Crippen LogP contribution in [-0.2, 0) is 14.3 Å². The van der Waals surface area contributed by atoms with E-state index in [0.29, 0.717) is 6.61 Å². The number of hydrogen-bond donors (Lipinski definition) is 2. The number of ether oxygens (including phenoxy) is 1. The maximum Gasteiger partial charge on any atom is 0.306 e. The van der Waals surface area contributed by atoms with Gasteiger partial charge in [-0.15, -0.1) is 0 Å². The summed E-state index contributed by atoms with van der Waals surface area (Å²) in [5, 5.41) is 0. The molecule has 0 heterocycles. The molecule has 0 aliphatic rings. The second-order valence-corrected chi connectivity index (χ2v) is 4.05. The predicted octanol–water partition coefficient (Wildman–Crippen LogP) is 1.33. The number of thiol groups is 1. The quantitative estimate of drug-likeness (QED) is 0.347. The van der Waals surface area contributed by atoms with Crippen LogP contribution in [0.2, 0.25) is 0 Å². The molecule has 94 valence electrons. The normalized spacial score (nSPS) is 10.1. The third-order valence-corrected chi connectivity index (χ3v) is 2.47. The smallest absolute Gasteiger partial charge is 0.306 e. The fraction of sp³-hybridized carbons (Fsp3) is 0.818. The Labute approximate surface area is 102 Å². The van der Waals surface area contributed by atoms with Crippen LogP contribution in [0.3, 0.4) is 0 Å². The Kier molecular flexibility index (Phi) is 10.6. The molecule has 0 aromatic heterocycles. The molecule has 0 aliphatic heterocycles. The van der Waals surface area contributed by atoms with Gasteiger partial charge in [-0.3, -0.25) is 9.59 Å². The molecule has 0 aromatic carbocycles. The number of Topliss-reactive ketones (excluding diaryl/α,β-unsaturated/α-hetero) is 1. The van der Waals surface area contributed by atoms with Gasteiger partial charge in [0, 0.05) is 6.42 Å². The van der Waals surface area contributed by atoms with Crippen molar-refractivity contribution in [3.63, 3.8) is 0 Å². The molecule has 5 heteroatoms. The van der Waals surface area contributed by atoms with Gasteiger partial charge in [0.1, 0.15) is 5.78 Å². The standard InChI is InChI=1S/C11H21NO3S/c12-9-10(13)5-6-11(14)15-7-3-1-2-4-8-16/h16H,1-9,12H2. The second-order valence-electron chi connectivity index (χ2n) is 3.60. The van der Waals surface area contributed by atoms with Gasteiger partial charge < -0.3 is 10.5 Å². The highest BCUT2D eigenvalue weighted by atomic mass is 32.1. The lowest BCUT2D eigenvalue weighted by molar-refractivity contribution is -0.144. The second kappa shape index (κ2) is 11.0. The Morgan fingerprint density at radius 3 is 2.38 bits per heavy atom. The minimum atomic E-state index is -0.309. The summed E-state index contributed by atoms with van der Waals surface area (Å²) in [4.78, 5) is 21.9. The molecule has 0 fully saturated rings. The first-order valence-electron chi connectivity index (χ1n) is 5.69. The maximum absolute atomic E-state index is 11.1. The van der Waals surface area contributed by atoms with Crippen molar-refractivity contribution >= 4 is 24.4 Å². The van der Waals surface area contributed by atoms with Crippen molar-refractivity contribution < 1.29 is 14.3 Å². The fourth-order valence-corrected chi connectivity index (χ4v) is 1.39. The average Bonchev–Trinajstić information content (AvgIpc) is 2.30. The number of ketones is 1. The largest absolute Gasteiger partial charge is 0.466 e. The summed E-state index contributed by atoms with van der Waals surface area (Å²) in [7, 11) is 0. The molecular formula is C11H21NO3S. The van der Waals surface area contributed by atoms with E-state index in [9.17, 15) is 9.59 Å². The number of unbranched alkanes of at least 4 members (excludes halogenated alkanes) is 3. The van der Waals surface area contributed by atoms with Gasteiger partial charge in [0.05, 0.1) is 19.6 Å². The Morgan fingerprint density at radius 2 is 1.75 bits per heavy atom. The molecule has 0 rings (SSSR count). The number of nitrogens with two attached hydrogens (primary N) is 1. The van der Waals surface area contributed by atoms with E-state index in [4.69, 9.17) is 10.5 Å². The maximum atomic E-state index is 11.1. The van der Waals surface area contributed by atoms with Gasteiger partial charge in [-0.05, 0) is 18.6 Å². The zero-order valence-electron chi connectivity index (χ0n) is 9.61. The molecule has 0 amide bonds. The van der Waals surface area contributed by atoms with E-state index in [1.54, 1.807) is 0 Å². The number of carbonyl (C=O) groups excluding carboxylic acids is 2. The zero-order chi connectivity index (χ0) is 12.2. The van der Waals surface area contributed by atoms with Crippen molar-refractivity contribution in [2.24, 2.45) is 5.73 Å². The molecule has 16 heavy (non-hydrogen) atoms. The monoisotopic (exact) mass is 247 g/mol. The van der Waals surface area contributed by atoms with Gasteiger partial charge >= 0.3 is 5.97 Å². The first-order valence-corrected chi connectivity index (χ1v) is 6.32. The zero-order valence-corrected chi connectivity index (χ0v) is 10.5. The van der Waals surface area contributed by atoms with Crippen molar-refractivity contribution in [3.05, 3.63) is 0 Å². The molecule has 0 bridgehead atoms. The van der Waals surface area contributed by atoms with Crippen LogP contribution in [0, 0.1) is 0 Å². The van der Waals surface area contributed by atoms with Crippen LogP contribution in [0.25, 0.3) is 0 Å². The summed E-state index contributed by atoms with van der Waals surface area (Å²) >= 11 is 4.11. The molecule has 2 N–H and O–H groups in total. The van der Waals surface area contributed by atoms with Crippen molar-refractivity contribution in [2.75, 3.05) is 18.9 Å². The number of esters is 1. The first-order chi connectivity index (χ1) is 7.70. The molecule has 0 unspecified atom stereocenters. The van der Waals surface area contributed by atoms with E-state index in [1.807, 2.05) is 0 Å². The lowest BCUT2D eigenvalue weighted by Gasteiger charge is -2.03. The van der Waals surface area contributed by atoms with Gasteiger partial charge in [-0.2, -0.15) is 12.6 Å². The third kappa shape index (κ3) is 9.98. The van der Waals surface area contributed by atoms with Crippen molar-refractivity contribution in [2.45, 2.75) is 38.5 Å². The van der Waals surface area contributed by atoms with Crippen LogP contribution in [0.4, 0.5) is 0 Å². The van der Waals surface area contributed by atoms with Crippen LogP contribution in [0.5, 0.6) is 0 Å². The van der Waals surface area contributed by atoms with Gasteiger partial charge in [0.2, 0.25) is 0 Å². The predicted molar refractivity (Wildman–Crippen MR) is 66.6 cm³/mol. The molecule has 0 aromatic rings. The summed E-state index contributed by atoms with van der Waals surface area (Å²) in [6.45, 7) is 0.444. The molecule has 0 aliphatic carbocycles. The van der Waals surface area contributed by atoms with Gasteiger partial charge in [0.25, 0.3) is 0 Å². The van der Waals surface area contributed by atoms with Crippen molar-refractivity contribution in [1.82, 2.24) is 0 Å². The highest BCUT2D eigenvalue weighted by molar-refractivity contribution is 7.80. The highest BCUT2D eigenvalue weighted by Gasteiger charge is 2.06. The summed E-state index contributed by atoms with van der Waals surface area (Å²) in [6, 6.07) is 0. The lowest BCUT2D eigenvalue weighted by atomic mass is 10.2. The van der Waals surface area contributed by atoms with Gasteiger partial charge in [-0.25, -0.2) is 0 Å². The van der Waals surface area contributed by atoms with Crippen LogP contribution in [-0.4, -0.2) is 30.7 Å².